The molecule has 1 fully saturated rings. The maximum absolute atomic E-state index is 14.1. The average molecular weight is 420 g/mol. The van der Waals surface area contributed by atoms with E-state index in [0.29, 0.717) is 42.1 Å². The van der Waals surface area contributed by atoms with Crippen molar-refractivity contribution in [2.45, 2.75) is 30.4 Å². The third-order valence-corrected chi connectivity index (χ3v) is 6.27. The Labute approximate surface area is 179 Å². The zero-order chi connectivity index (χ0) is 21.8. The Bertz CT molecular complexity index is 1170. The van der Waals surface area contributed by atoms with Gasteiger partial charge in [-0.1, -0.05) is 6.07 Å². The van der Waals surface area contributed by atoms with Gasteiger partial charge in [-0.3, -0.25) is 9.69 Å². The van der Waals surface area contributed by atoms with E-state index in [0.717, 1.165) is 12.8 Å². The standard InChI is InChI=1S/C23H21FN4O3/c1-26-17-9-15(8-16(24)11-17)14-4-5-19-18(10-14)23(20(29)28(2)21(25)27-23)12-22(31-19)6-3-7-30-13-22/h4-5,8-11H,3,6-7,12-13H2,2H3,(H2,25,27)/t22-,23+/m1/s1. The molecule has 0 radical (unpaired) electrons. The number of aliphatic imine (C=N–C) groups is 1. The molecule has 0 saturated carbocycles. The normalized spacial score (nSPS) is 27.1. The minimum Gasteiger partial charge on any atom is -0.484 e. The van der Waals surface area contributed by atoms with E-state index in [4.69, 9.17) is 21.8 Å². The number of carbonyl (C=O) groups is 1. The van der Waals surface area contributed by atoms with Gasteiger partial charge in [0.25, 0.3) is 5.91 Å². The van der Waals surface area contributed by atoms with E-state index in [-0.39, 0.29) is 17.6 Å². The first-order valence-corrected chi connectivity index (χ1v) is 10.1. The molecule has 0 aromatic heterocycles. The van der Waals surface area contributed by atoms with Crippen LogP contribution in [0.15, 0.2) is 41.4 Å². The summed E-state index contributed by atoms with van der Waals surface area (Å²) in [6.07, 6.45) is 1.90. The SMILES string of the molecule is [C-]#[N+]c1cc(F)cc(-c2ccc3c(c2)[C@]2(C[C@@]4(CCCOC4)O3)N=C(N)N(C)C2=O)c1. The molecule has 0 unspecified atom stereocenters. The summed E-state index contributed by atoms with van der Waals surface area (Å²) in [5, 5.41) is 0. The number of benzene rings is 2. The molecule has 3 aliphatic rings. The molecule has 2 aromatic carbocycles. The number of fused-ring (bicyclic) bond motifs is 2. The maximum Gasteiger partial charge on any atom is 0.261 e. The minimum absolute atomic E-state index is 0.149. The largest absolute Gasteiger partial charge is 0.484 e. The van der Waals surface area contributed by atoms with Crippen LogP contribution in [0.1, 0.15) is 24.8 Å². The minimum atomic E-state index is -1.22. The van der Waals surface area contributed by atoms with Gasteiger partial charge in [-0.05, 0) is 54.3 Å². The number of halogens is 1. The van der Waals surface area contributed by atoms with Gasteiger partial charge in [-0.2, -0.15) is 0 Å². The number of nitrogens with zero attached hydrogens (tertiary/aromatic N) is 3. The molecule has 0 aliphatic carbocycles. The smallest absolute Gasteiger partial charge is 0.261 e. The van der Waals surface area contributed by atoms with Crippen LogP contribution in [0.4, 0.5) is 10.1 Å². The number of likely N-dealkylation sites (N-methyl/N-ethyl adjacent to an activating group) is 1. The molecule has 0 bridgehead atoms. The third kappa shape index (κ3) is 2.96. The fraction of sp³-hybridized carbons (Fsp3) is 0.348. The van der Waals surface area contributed by atoms with E-state index >= 15 is 0 Å². The Hall–Kier alpha value is -3.44. The average Bonchev–Trinajstić information content (AvgIpc) is 2.97. The second-order valence-corrected chi connectivity index (χ2v) is 8.33. The van der Waals surface area contributed by atoms with Crippen LogP contribution in [-0.2, 0) is 15.1 Å². The highest BCUT2D eigenvalue weighted by Crippen LogP contribution is 2.51. The molecule has 1 saturated heterocycles. The molecule has 1 amide bonds. The number of ether oxygens (including phenoxy) is 2. The first-order chi connectivity index (χ1) is 14.9. The topological polar surface area (TPSA) is 81.5 Å². The van der Waals surface area contributed by atoms with E-state index in [1.165, 1.54) is 17.0 Å². The molecule has 31 heavy (non-hydrogen) atoms. The molecule has 2 aromatic rings. The molecular formula is C23H21FN4O3. The molecule has 7 nitrogen and oxygen atoms in total. The Morgan fingerprint density at radius 2 is 2.10 bits per heavy atom. The van der Waals surface area contributed by atoms with Crippen molar-refractivity contribution < 1.29 is 18.7 Å². The van der Waals surface area contributed by atoms with Crippen molar-refractivity contribution in [3.63, 3.8) is 0 Å². The van der Waals surface area contributed by atoms with Gasteiger partial charge in [0, 0.05) is 25.6 Å². The molecule has 158 valence electrons. The number of hydrogen-bond acceptors (Lipinski definition) is 5. The van der Waals surface area contributed by atoms with Crippen molar-refractivity contribution in [3.05, 3.63) is 59.2 Å². The van der Waals surface area contributed by atoms with Crippen LogP contribution in [0.3, 0.4) is 0 Å². The molecule has 2 spiro atoms. The highest BCUT2D eigenvalue weighted by atomic mass is 19.1. The van der Waals surface area contributed by atoms with Crippen molar-refractivity contribution >= 4 is 17.6 Å². The first kappa shape index (κ1) is 19.5. The van der Waals surface area contributed by atoms with Gasteiger partial charge < -0.3 is 15.2 Å². The number of carbonyl (C=O) groups excluding carboxylic acids is 1. The zero-order valence-corrected chi connectivity index (χ0v) is 17.0. The Kier molecular flexibility index (Phi) is 4.27. The highest BCUT2D eigenvalue weighted by molar-refractivity contribution is 6.07. The van der Waals surface area contributed by atoms with Crippen molar-refractivity contribution in [2.75, 3.05) is 20.3 Å². The number of amides is 1. The van der Waals surface area contributed by atoms with Gasteiger partial charge in [-0.15, -0.1) is 0 Å². The zero-order valence-electron chi connectivity index (χ0n) is 17.0. The van der Waals surface area contributed by atoms with E-state index in [1.807, 2.05) is 0 Å². The third-order valence-electron chi connectivity index (χ3n) is 6.27. The number of guanidine groups is 1. The lowest BCUT2D eigenvalue weighted by Gasteiger charge is -2.46. The lowest BCUT2D eigenvalue weighted by molar-refractivity contribution is -0.139. The van der Waals surface area contributed by atoms with Gasteiger partial charge in [0.05, 0.1) is 13.2 Å². The van der Waals surface area contributed by atoms with Gasteiger partial charge in [0.15, 0.2) is 17.2 Å². The first-order valence-electron chi connectivity index (χ1n) is 10.1. The number of nitrogens with two attached hydrogens (primary N) is 1. The van der Waals surface area contributed by atoms with Crippen LogP contribution in [-0.4, -0.2) is 42.6 Å². The van der Waals surface area contributed by atoms with Crippen molar-refractivity contribution in [1.82, 2.24) is 4.90 Å². The predicted molar refractivity (Wildman–Crippen MR) is 112 cm³/mol. The van der Waals surface area contributed by atoms with Gasteiger partial charge >= 0.3 is 0 Å². The van der Waals surface area contributed by atoms with Crippen molar-refractivity contribution in [2.24, 2.45) is 10.7 Å². The second-order valence-electron chi connectivity index (χ2n) is 8.33. The quantitative estimate of drug-likeness (QED) is 0.718. The van der Waals surface area contributed by atoms with Crippen LogP contribution in [0.5, 0.6) is 5.75 Å². The summed E-state index contributed by atoms with van der Waals surface area (Å²) >= 11 is 0. The summed E-state index contributed by atoms with van der Waals surface area (Å²) in [6, 6.07) is 9.54. The molecule has 5 rings (SSSR count). The molecule has 2 N–H and O–H groups in total. The molecular weight excluding hydrogens is 399 g/mol. The van der Waals surface area contributed by atoms with E-state index in [9.17, 15) is 9.18 Å². The molecule has 8 heteroatoms. The fourth-order valence-corrected chi connectivity index (χ4v) is 4.79. The Morgan fingerprint density at radius 1 is 1.26 bits per heavy atom. The Balaban J connectivity index is 1.69. The predicted octanol–water partition coefficient (Wildman–Crippen LogP) is 3.36. The Morgan fingerprint density at radius 3 is 2.77 bits per heavy atom. The molecule has 3 heterocycles. The van der Waals surface area contributed by atoms with Crippen LogP contribution < -0.4 is 10.5 Å². The van der Waals surface area contributed by atoms with Crippen molar-refractivity contribution in [3.8, 4) is 16.9 Å². The number of hydrogen-bond donors (Lipinski definition) is 1. The van der Waals surface area contributed by atoms with E-state index in [1.54, 1.807) is 31.3 Å². The summed E-state index contributed by atoms with van der Waals surface area (Å²) in [6.45, 7) is 8.24. The molecule has 3 aliphatic heterocycles. The maximum atomic E-state index is 14.1. The highest BCUT2D eigenvalue weighted by Gasteiger charge is 2.58. The van der Waals surface area contributed by atoms with Crippen LogP contribution in [0.2, 0.25) is 0 Å². The summed E-state index contributed by atoms with van der Waals surface area (Å²) in [5.74, 6) is -0.0270. The fourth-order valence-electron chi connectivity index (χ4n) is 4.79. The van der Waals surface area contributed by atoms with Crippen molar-refractivity contribution in [1.29, 1.82) is 0 Å². The number of rotatable bonds is 1. The van der Waals surface area contributed by atoms with Crippen LogP contribution >= 0.6 is 0 Å². The second kappa shape index (κ2) is 6.79. The monoisotopic (exact) mass is 420 g/mol. The molecule has 2 atom stereocenters. The van der Waals surface area contributed by atoms with Crippen LogP contribution in [0.25, 0.3) is 16.0 Å². The summed E-state index contributed by atoms with van der Waals surface area (Å²) in [5.41, 5.74) is 6.18. The lowest BCUT2D eigenvalue weighted by Crippen LogP contribution is -2.55. The van der Waals surface area contributed by atoms with Gasteiger partial charge in [0.1, 0.15) is 17.2 Å². The van der Waals surface area contributed by atoms with Gasteiger partial charge in [0.2, 0.25) is 0 Å². The van der Waals surface area contributed by atoms with E-state index in [2.05, 4.69) is 9.84 Å². The van der Waals surface area contributed by atoms with E-state index < -0.39 is 17.0 Å². The summed E-state index contributed by atoms with van der Waals surface area (Å²) in [7, 11) is 1.60. The summed E-state index contributed by atoms with van der Waals surface area (Å²) in [4.78, 5) is 22.7. The summed E-state index contributed by atoms with van der Waals surface area (Å²) < 4.78 is 26.2. The lowest BCUT2D eigenvalue weighted by atomic mass is 9.74. The van der Waals surface area contributed by atoms with Gasteiger partial charge in [-0.25, -0.2) is 14.2 Å². The van der Waals surface area contributed by atoms with Crippen LogP contribution in [0, 0.1) is 12.4 Å².